The van der Waals surface area contributed by atoms with Crippen LogP contribution in [0.5, 0.6) is 0 Å². The molecule has 6 heteroatoms. The normalized spacial score (nSPS) is 14.2. The first kappa shape index (κ1) is 19.6. The van der Waals surface area contributed by atoms with Gasteiger partial charge in [-0.05, 0) is 42.9 Å². The fourth-order valence-electron chi connectivity index (χ4n) is 3.79. The van der Waals surface area contributed by atoms with Crippen LogP contribution in [0.15, 0.2) is 67.0 Å². The van der Waals surface area contributed by atoms with Crippen LogP contribution >= 0.6 is 0 Å². The van der Waals surface area contributed by atoms with Crippen LogP contribution in [0, 0.1) is 17.2 Å². The lowest BCUT2D eigenvalue weighted by Gasteiger charge is -2.32. The molecule has 0 radical (unpaired) electrons. The molecular weight excluding hydrogens is 374 g/mol. The topological polar surface area (TPSA) is 81.9 Å². The third kappa shape index (κ3) is 4.64. The van der Waals surface area contributed by atoms with Gasteiger partial charge in [0, 0.05) is 13.1 Å². The molecule has 1 fully saturated rings. The molecule has 1 amide bonds. The number of benzene rings is 2. The van der Waals surface area contributed by atoms with Crippen molar-refractivity contribution in [3.63, 3.8) is 0 Å². The van der Waals surface area contributed by atoms with Crippen LogP contribution in [0.25, 0.3) is 0 Å². The molecule has 0 saturated carbocycles. The Kier molecular flexibility index (Phi) is 6.00. The molecule has 30 heavy (non-hydrogen) atoms. The fourth-order valence-corrected chi connectivity index (χ4v) is 3.79. The molecule has 1 aliphatic heterocycles. The van der Waals surface area contributed by atoms with Crippen LogP contribution < -0.4 is 10.2 Å². The smallest absolute Gasteiger partial charge is 0.275 e. The van der Waals surface area contributed by atoms with E-state index in [2.05, 4.69) is 56.6 Å². The number of nitriles is 1. The molecule has 2 aromatic carbocycles. The van der Waals surface area contributed by atoms with Crippen LogP contribution in [0.3, 0.4) is 0 Å². The molecule has 0 bridgehead atoms. The van der Waals surface area contributed by atoms with Gasteiger partial charge in [0.25, 0.3) is 5.91 Å². The summed E-state index contributed by atoms with van der Waals surface area (Å²) in [4.78, 5) is 23.4. The summed E-state index contributed by atoms with van der Waals surface area (Å²) in [7, 11) is 0. The van der Waals surface area contributed by atoms with Crippen molar-refractivity contribution in [3.05, 3.63) is 83.8 Å². The Morgan fingerprint density at radius 2 is 1.77 bits per heavy atom. The molecule has 0 spiro atoms. The van der Waals surface area contributed by atoms with E-state index in [-0.39, 0.29) is 11.6 Å². The average molecular weight is 397 g/mol. The van der Waals surface area contributed by atoms with E-state index in [9.17, 15) is 4.79 Å². The van der Waals surface area contributed by atoms with Crippen molar-refractivity contribution >= 4 is 17.4 Å². The van der Waals surface area contributed by atoms with Gasteiger partial charge in [-0.2, -0.15) is 5.26 Å². The second kappa shape index (κ2) is 9.19. The predicted molar refractivity (Wildman–Crippen MR) is 116 cm³/mol. The minimum Gasteiger partial charge on any atom is -0.355 e. The highest BCUT2D eigenvalue weighted by Gasteiger charge is 2.21. The number of nitrogens with zero attached hydrogens (tertiary/aromatic N) is 4. The number of hydrogen-bond acceptors (Lipinski definition) is 5. The maximum atomic E-state index is 12.4. The van der Waals surface area contributed by atoms with Gasteiger partial charge < -0.3 is 10.2 Å². The SMILES string of the molecule is N#Cc1ccccc1NC(=O)c1cnc(N2CCC(Cc3ccccc3)CC2)cn1. The lowest BCUT2D eigenvalue weighted by molar-refractivity contribution is 0.102. The number of hydrogen-bond donors (Lipinski definition) is 1. The molecule has 0 atom stereocenters. The van der Waals surface area contributed by atoms with Crippen molar-refractivity contribution in [2.24, 2.45) is 5.92 Å². The molecule has 1 saturated heterocycles. The first-order valence-corrected chi connectivity index (χ1v) is 10.1. The van der Waals surface area contributed by atoms with Crippen LogP contribution in [0.4, 0.5) is 11.5 Å². The van der Waals surface area contributed by atoms with E-state index in [0.29, 0.717) is 17.2 Å². The summed E-state index contributed by atoms with van der Waals surface area (Å²) >= 11 is 0. The highest BCUT2D eigenvalue weighted by molar-refractivity contribution is 6.03. The minimum absolute atomic E-state index is 0.227. The quantitative estimate of drug-likeness (QED) is 0.702. The van der Waals surface area contributed by atoms with Gasteiger partial charge in [0.05, 0.1) is 23.6 Å². The largest absolute Gasteiger partial charge is 0.355 e. The van der Waals surface area contributed by atoms with Crippen LogP contribution in [0.2, 0.25) is 0 Å². The number of piperidine rings is 1. The molecule has 150 valence electrons. The minimum atomic E-state index is -0.377. The van der Waals surface area contributed by atoms with Gasteiger partial charge >= 0.3 is 0 Å². The molecule has 1 aliphatic rings. The average Bonchev–Trinajstić information content (AvgIpc) is 2.81. The molecular formula is C24H23N5O. The lowest BCUT2D eigenvalue weighted by atomic mass is 9.90. The molecule has 1 N–H and O–H groups in total. The maximum Gasteiger partial charge on any atom is 0.275 e. The fraction of sp³-hybridized carbons (Fsp3) is 0.250. The van der Waals surface area contributed by atoms with Crippen molar-refractivity contribution in [2.75, 3.05) is 23.3 Å². The van der Waals surface area contributed by atoms with Crippen molar-refractivity contribution in [1.29, 1.82) is 5.26 Å². The number of nitrogens with one attached hydrogen (secondary N) is 1. The summed E-state index contributed by atoms with van der Waals surface area (Å²) in [5, 5.41) is 11.9. The Balaban J connectivity index is 1.34. The number of carbonyl (C=O) groups excluding carboxylic acids is 1. The number of rotatable bonds is 5. The van der Waals surface area contributed by atoms with E-state index in [1.54, 1.807) is 30.5 Å². The second-order valence-electron chi connectivity index (χ2n) is 7.49. The highest BCUT2D eigenvalue weighted by Crippen LogP contribution is 2.24. The summed E-state index contributed by atoms with van der Waals surface area (Å²) in [5.41, 5.74) is 2.50. The van der Waals surface area contributed by atoms with E-state index in [4.69, 9.17) is 5.26 Å². The van der Waals surface area contributed by atoms with Gasteiger partial charge in [-0.3, -0.25) is 4.79 Å². The molecule has 0 unspecified atom stereocenters. The van der Waals surface area contributed by atoms with Crippen molar-refractivity contribution in [3.8, 4) is 6.07 Å². The Morgan fingerprint density at radius 3 is 2.47 bits per heavy atom. The summed E-state index contributed by atoms with van der Waals surface area (Å²) in [6.45, 7) is 1.88. The van der Waals surface area contributed by atoms with Crippen LogP contribution in [-0.2, 0) is 6.42 Å². The zero-order valence-corrected chi connectivity index (χ0v) is 16.7. The van der Waals surface area contributed by atoms with E-state index < -0.39 is 0 Å². The van der Waals surface area contributed by atoms with Gasteiger partial charge in [-0.1, -0.05) is 42.5 Å². The van der Waals surface area contributed by atoms with E-state index in [1.807, 2.05) is 0 Å². The first-order chi connectivity index (χ1) is 14.7. The number of amides is 1. The lowest BCUT2D eigenvalue weighted by Crippen LogP contribution is -2.35. The summed E-state index contributed by atoms with van der Waals surface area (Å²) in [6, 6.07) is 19.6. The van der Waals surface area contributed by atoms with Crippen molar-refractivity contribution < 1.29 is 4.79 Å². The Bertz CT molecular complexity index is 1040. The van der Waals surface area contributed by atoms with Gasteiger partial charge in [-0.15, -0.1) is 0 Å². The molecule has 0 aliphatic carbocycles. The number of para-hydroxylation sites is 1. The Hall–Kier alpha value is -3.72. The summed E-state index contributed by atoms with van der Waals surface area (Å²) in [6.07, 6.45) is 6.50. The van der Waals surface area contributed by atoms with Gasteiger partial charge in [0.1, 0.15) is 17.6 Å². The first-order valence-electron chi connectivity index (χ1n) is 10.1. The van der Waals surface area contributed by atoms with Crippen LogP contribution in [-0.4, -0.2) is 29.0 Å². The van der Waals surface area contributed by atoms with E-state index in [1.165, 1.54) is 11.8 Å². The van der Waals surface area contributed by atoms with E-state index >= 15 is 0 Å². The number of aromatic nitrogens is 2. The summed E-state index contributed by atoms with van der Waals surface area (Å²) in [5.74, 6) is 1.10. The third-order valence-electron chi connectivity index (χ3n) is 5.47. The number of anilines is 2. The van der Waals surface area contributed by atoms with Gasteiger partial charge in [-0.25, -0.2) is 9.97 Å². The summed E-state index contributed by atoms with van der Waals surface area (Å²) < 4.78 is 0. The predicted octanol–water partition coefficient (Wildman–Crippen LogP) is 4.06. The van der Waals surface area contributed by atoms with Crippen molar-refractivity contribution in [1.82, 2.24) is 9.97 Å². The molecule has 3 aromatic rings. The third-order valence-corrected chi connectivity index (χ3v) is 5.47. The zero-order chi connectivity index (χ0) is 20.8. The Labute approximate surface area is 176 Å². The van der Waals surface area contributed by atoms with Crippen molar-refractivity contribution in [2.45, 2.75) is 19.3 Å². The van der Waals surface area contributed by atoms with E-state index in [0.717, 1.165) is 38.2 Å². The monoisotopic (exact) mass is 397 g/mol. The molecule has 6 nitrogen and oxygen atoms in total. The molecule has 2 heterocycles. The highest BCUT2D eigenvalue weighted by atomic mass is 16.1. The number of carbonyl (C=O) groups is 1. The second-order valence-corrected chi connectivity index (χ2v) is 7.49. The zero-order valence-electron chi connectivity index (χ0n) is 16.7. The van der Waals surface area contributed by atoms with Crippen LogP contribution in [0.1, 0.15) is 34.5 Å². The molecule has 4 rings (SSSR count). The standard InChI is InChI=1S/C24H23N5O/c25-15-20-8-4-5-9-21(20)28-24(30)22-16-27-23(17-26-22)29-12-10-19(11-13-29)14-18-6-2-1-3-7-18/h1-9,16-17,19H,10-14H2,(H,28,30). The Morgan fingerprint density at radius 1 is 1.03 bits per heavy atom. The van der Waals surface area contributed by atoms with Gasteiger partial charge in [0.2, 0.25) is 0 Å². The van der Waals surface area contributed by atoms with Gasteiger partial charge in [0.15, 0.2) is 0 Å². The molecule has 1 aromatic heterocycles. The maximum absolute atomic E-state index is 12.4.